The van der Waals surface area contributed by atoms with Crippen molar-refractivity contribution in [2.45, 2.75) is 13.1 Å². The maximum absolute atomic E-state index is 11.6. The van der Waals surface area contributed by atoms with Crippen molar-refractivity contribution in [3.8, 4) is 0 Å². The quantitative estimate of drug-likeness (QED) is 0.567. The van der Waals surface area contributed by atoms with Crippen molar-refractivity contribution in [2.24, 2.45) is 5.73 Å². The van der Waals surface area contributed by atoms with E-state index in [1.54, 1.807) is 6.20 Å². The number of rotatable bonds is 5. The van der Waals surface area contributed by atoms with Crippen LogP contribution in [0.2, 0.25) is 0 Å². The van der Waals surface area contributed by atoms with Gasteiger partial charge in [-0.05, 0) is 0 Å². The molecular formula is C8H12N8O. The number of H-pyrrole nitrogens is 1. The normalized spacial score (nSPS) is 10.4. The summed E-state index contributed by atoms with van der Waals surface area (Å²) >= 11 is 0. The Bertz CT molecular complexity index is 475. The Labute approximate surface area is 96.4 Å². The highest BCUT2D eigenvalue weighted by Crippen LogP contribution is 1.94. The molecule has 9 heteroatoms. The van der Waals surface area contributed by atoms with Crippen LogP contribution < -0.4 is 11.1 Å². The predicted molar refractivity (Wildman–Crippen MR) is 56.6 cm³/mol. The fraction of sp³-hybridized carbons (Fsp3) is 0.375. The van der Waals surface area contributed by atoms with E-state index in [2.05, 4.69) is 30.8 Å². The monoisotopic (exact) mass is 236 g/mol. The third-order valence-electron chi connectivity index (χ3n) is 2.01. The van der Waals surface area contributed by atoms with Gasteiger partial charge in [-0.15, -0.1) is 5.10 Å². The van der Waals surface area contributed by atoms with Crippen LogP contribution in [0.4, 0.5) is 0 Å². The lowest BCUT2D eigenvalue weighted by Crippen LogP contribution is -2.23. The Morgan fingerprint density at radius 2 is 2.47 bits per heavy atom. The number of aromatic nitrogens is 6. The van der Waals surface area contributed by atoms with E-state index in [0.29, 0.717) is 18.9 Å². The minimum atomic E-state index is -0.315. The molecule has 2 heterocycles. The lowest BCUT2D eigenvalue weighted by Gasteiger charge is -1.98. The number of amides is 1. The van der Waals surface area contributed by atoms with Crippen LogP contribution in [0.3, 0.4) is 0 Å². The van der Waals surface area contributed by atoms with E-state index in [4.69, 9.17) is 5.73 Å². The van der Waals surface area contributed by atoms with Crippen LogP contribution in [-0.2, 0) is 13.1 Å². The summed E-state index contributed by atoms with van der Waals surface area (Å²) in [6.45, 7) is 1.24. The first-order valence-corrected chi connectivity index (χ1v) is 5.02. The molecule has 2 aromatic heterocycles. The van der Waals surface area contributed by atoms with Gasteiger partial charge in [0.15, 0.2) is 5.69 Å². The van der Waals surface area contributed by atoms with Gasteiger partial charge in [-0.25, -0.2) is 4.98 Å². The van der Waals surface area contributed by atoms with Crippen LogP contribution >= 0.6 is 0 Å². The number of hydrogen-bond acceptors (Lipinski definition) is 6. The average Bonchev–Trinajstić information content (AvgIpc) is 2.97. The number of hydrogen-bond donors (Lipinski definition) is 3. The van der Waals surface area contributed by atoms with Crippen molar-refractivity contribution in [3.05, 3.63) is 24.0 Å². The topological polar surface area (TPSA) is 127 Å². The van der Waals surface area contributed by atoms with Crippen LogP contribution in [0, 0.1) is 0 Å². The lowest BCUT2D eigenvalue weighted by molar-refractivity contribution is 0.0945. The molecule has 0 aromatic carbocycles. The summed E-state index contributed by atoms with van der Waals surface area (Å²) in [5.74, 6) is 0.261. The first-order valence-electron chi connectivity index (χ1n) is 5.02. The van der Waals surface area contributed by atoms with E-state index in [9.17, 15) is 4.79 Å². The summed E-state index contributed by atoms with van der Waals surface area (Å²) in [6, 6.07) is 0. The SMILES string of the molecule is NCCn1cc(C(=O)NCc2ncn[nH]2)nn1. The van der Waals surface area contributed by atoms with Gasteiger partial charge < -0.3 is 11.1 Å². The summed E-state index contributed by atoms with van der Waals surface area (Å²) < 4.78 is 1.52. The molecule has 0 unspecified atom stereocenters. The molecule has 0 aliphatic carbocycles. The molecule has 0 fully saturated rings. The van der Waals surface area contributed by atoms with Crippen LogP contribution in [0.15, 0.2) is 12.5 Å². The molecule has 0 atom stereocenters. The van der Waals surface area contributed by atoms with E-state index >= 15 is 0 Å². The summed E-state index contributed by atoms with van der Waals surface area (Å²) in [5.41, 5.74) is 5.61. The average molecular weight is 236 g/mol. The molecule has 1 amide bonds. The first kappa shape index (κ1) is 11.2. The standard InChI is InChI=1S/C8H12N8O/c9-1-2-16-4-6(13-15-16)8(17)10-3-7-11-5-12-14-7/h4-5H,1-3,9H2,(H,10,17)(H,11,12,14). The zero-order chi connectivity index (χ0) is 12.1. The molecule has 0 saturated heterocycles. The molecule has 0 bridgehead atoms. The smallest absolute Gasteiger partial charge is 0.273 e. The van der Waals surface area contributed by atoms with E-state index in [0.717, 1.165) is 0 Å². The van der Waals surface area contributed by atoms with Crippen LogP contribution in [-0.4, -0.2) is 42.6 Å². The minimum Gasteiger partial charge on any atom is -0.343 e. The van der Waals surface area contributed by atoms with E-state index in [-0.39, 0.29) is 18.1 Å². The van der Waals surface area contributed by atoms with Gasteiger partial charge >= 0.3 is 0 Å². The third kappa shape index (κ3) is 2.84. The van der Waals surface area contributed by atoms with E-state index in [1.165, 1.54) is 11.0 Å². The molecule has 4 N–H and O–H groups in total. The van der Waals surface area contributed by atoms with Gasteiger partial charge in [-0.3, -0.25) is 14.6 Å². The van der Waals surface area contributed by atoms with Gasteiger partial charge in [0.2, 0.25) is 0 Å². The summed E-state index contributed by atoms with van der Waals surface area (Å²) in [7, 11) is 0. The first-order chi connectivity index (χ1) is 8.29. The van der Waals surface area contributed by atoms with Gasteiger partial charge in [0, 0.05) is 6.54 Å². The maximum Gasteiger partial charge on any atom is 0.273 e. The Hall–Kier alpha value is -2.29. The highest BCUT2D eigenvalue weighted by atomic mass is 16.2. The van der Waals surface area contributed by atoms with Gasteiger partial charge in [0.25, 0.3) is 5.91 Å². The predicted octanol–water partition coefficient (Wildman–Crippen LogP) is -1.72. The van der Waals surface area contributed by atoms with Crippen molar-refractivity contribution < 1.29 is 4.79 Å². The molecule has 0 radical (unpaired) electrons. The van der Waals surface area contributed by atoms with Gasteiger partial charge in [0.1, 0.15) is 12.2 Å². The van der Waals surface area contributed by atoms with Crippen molar-refractivity contribution in [2.75, 3.05) is 6.54 Å². The molecule has 2 aromatic rings. The Morgan fingerprint density at radius 3 is 3.18 bits per heavy atom. The zero-order valence-corrected chi connectivity index (χ0v) is 9.00. The zero-order valence-electron chi connectivity index (χ0n) is 9.00. The summed E-state index contributed by atoms with van der Waals surface area (Å²) in [6.07, 6.45) is 2.92. The fourth-order valence-corrected chi connectivity index (χ4v) is 1.21. The largest absolute Gasteiger partial charge is 0.343 e. The summed E-state index contributed by atoms with van der Waals surface area (Å²) in [4.78, 5) is 15.5. The van der Waals surface area contributed by atoms with Crippen molar-refractivity contribution >= 4 is 5.91 Å². The molecule has 9 nitrogen and oxygen atoms in total. The second-order valence-electron chi connectivity index (χ2n) is 3.27. The van der Waals surface area contributed by atoms with Gasteiger partial charge in [-0.1, -0.05) is 5.21 Å². The number of carbonyl (C=O) groups is 1. The fourth-order valence-electron chi connectivity index (χ4n) is 1.21. The maximum atomic E-state index is 11.6. The Balaban J connectivity index is 1.90. The lowest BCUT2D eigenvalue weighted by atomic mass is 10.4. The number of nitrogens with two attached hydrogens (primary N) is 1. The molecule has 0 aliphatic heterocycles. The van der Waals surface area contributed by atoms with Crippen LogP contribution in [0.1, 0.15) is 16.3 Å². The number of nitrogens with zero attached hydrogens (tertiary/aromatic N) is 5. The second-order valence-corrected chi connectivity index (χ2v) is 3.27. The molecule has 2 rings (SSSR count). The van der Waals surface area contributed by atoms with Crippen molar-refractivity contribution in [1.82, 2.24) is 35.5 Å². The van der Waals surface area contributed by atoms with Crippen LogP contribution in [0.5, 0.6) is 0 Å². The Kier molecular flexibility index (Phi) is 3.40. The van der Waals surface area contributed by atoms with E-state index in [1.807, 2.05) is 0 Å². The highest BCUT2D eigenvalue weighted by Gasteiger charge is 2.10. The number of nitrogens with one attached hydrogen (secondary N) is 2. The summed E-state index contributed by atoms with van der Waals surface area (Å²) in [5, 5.41) is 16.4. The highest BCUT2D eigenvalue weighted by molar-refractivity contribution is 5.91. The van der Waals surface area contributed by atoms with Crippen molar-refractivity contribution in [3.63, 3.8) is 0 Å². The number of carbonyl (C=O) groups excluding carboxylic acids is 1. The van der Waals surface area contributed by atoms with E-state index < -0.39 is 0 Å². The molecule has 90 valence electrons. The molecular weight excluding hydrogens is 224 g/mol. The molecule has 17 heavy (non-hydrogen) atoms. The van der Waals surface area contributed by atoms with Crippen molar-refractivity contribution in [1.29, 1.82) is 0 Å². The number of aromatic amines is 1. The van der Waals surface area contributed by atoms with Gasteiger partial charge in [0.05, 0.1) is 19.3 Å². The minimum absolute atomic E-state index is 0.248. The second kappa shape index (κ2) is 5.16. The molecule has 0 spiro atoms. The van der Waals surface area contributed by atoms with Gasteiger partial charge in [-0.2, -0.15) is 5.10 Å². The Morgan fingerprint density at radius 1 is 1.59 bits per heavy atom. The molecule has 0 aliphatic rings. The third-order valence-corrected chi connectivity index (χ3v) is 2.01. The van der Waals surface area contributed by atoms with Crippen LogP contribution in [0.25, 0.3) is 0 Å². The molecule has 0 saturated carbocycles.